The third kappa shape index (κ3) is 18.3. The Morgan fingerprint density at radius 1 is 0.925 bits per heavy atom. The average Bonchev–Trinajstić information content (AvgIpc) is 3.07. The van der Waals surface area contributed by atoms with Crippen molar-refractivity contribution in [1.82, 2.24) is 20.4 Å². The summed E-state index contributed by atoms with van der Waals surface area (Å²) in [5.74, 6) is -0.0570. The molecule has 0 aliphatic carbocycles. The lowest BCUT2D eigenvalue weighted by Gasteiger charge is -2.32. The lowest BCUT2D eigenvalue weighted by atomic mass is 9.81. The zero-order chi connectivity index (χ0) is 39.6. The second-order valence-corrected chi connectivity index (χ2v) is 16.6. The fourth-order valence-corrected chi connectivity index (χ4v) is 6.87. The fourth-order valence-electron chi connectivity index (χ4n) is 6.87. The Morgan fingerprint density at radius 2 is 1.60 bits per heavy atom. The van der Waals surface area contributed by atoms with Crippen molar-refractivity contribution in [2.45, 2.75) is 124 Å². The van der Waals surface area contributed by atoms with Gasteiger partial charge in [-0.2, -0.15) is 0 Å². The monoisotopic (exact) mass is 748 g/mol. The number of methoxy groups -OCH3 is 1. The smallest absolute Gasteiger partial charge is 0.407 e. The highest BCUT2D eigenvalue weighted by Crippen LogP contribution is 2.29. The van der Waals surface area contributed by atoms with Crippen molar-refractivity contribution >= 4 is 17.9 Å². The molecule has 12 heteroatoms. The van der Waals surface area contributed by atoms with Gasteiger partial charge >= 0.3 is 6.09 Å². The van der Waals surface area contributed by atoms with Crippen LogP contribution in [0, 0.1) is 23.7 Å². The Hall–Kier alpha value is -2.93. The molecule has 1 aromatic carbocycles. The van der Waals surface area contributed by atoms with Gasteiger partial charge in [-0.25, -0.2) is 4.79 Å². The number of aliphatic hydroxyl groups excluding tert-OH is 1. The third-order valence-electron chi connectivity index (χ3n) is 10.2. The highest BCUT2D eigenvalue weighted by Gasteiger charge is 2.32. The number of hydrogen-bond acceptors (Lipinski definition) is 9. The number of nitrogens with zero attached hydrogens (tertiary/aromatic N) is 2. The van der Waals surface area contributed by atoms with Crippen LogP contribution >= 0.6 is 0 Å². The van der Waals surface area contributed by atoms with Crippen LogP contribution in [0.5, 0.6) is 5.75 Å². The molecule has 0 saturated carbocycles. The molecule has 2 rings (SSSR count). The summed E-state index contributed by atoms with van der Waals surface area (Å²) in [5.41, 5.74) is 6.86. The number of nitrogens with two attached hydrogens (primary N) is 1. The number of primary amides is 1. The minimum absolute atomic E-state index is 0.0286. The Bertz CT molecular complexity index is 1230. The molecule has 1 aromatic rings. The van der Waals surface area contributed by atoms with Gasteiger partial charge in [0, 0.05) is 53.0 Å². The topological polar surface area (TPSA) is 156 Å². The summed E-state index contributed by atoms with van der Waals surface area (Å²) in [6.45, 7) is 20.3. The minimum atomic E-state index is -0.910. The number of hydrogen-bond donors (Lipinski definition) is 4. The van der Waals surface area contributed by atoms with Crippen molar-refractivity contribution in [3.8, 4) is 5.75 Å². The van der Waals surface area contributed by atoms with Crippen LogP contribution in [0.4, 0.5) is 4.79 Å². The van der Waals surface area contributed by atoms with Gasteiger partial charge in [0.05, 0.1) is 18.3 Å². The van der Waals surface area contributed by atoms with Gasteiger partial charge in [0.1, 0.15) is 17.4 Å². The first-order chi connectivity index (χ1) is 25.0. The number of rotatable bonds is 24. The maximum atomic E-state index is 13.9. The molecule has 12 nitrogen and oxygen atoms in total. The molecule has 1 aliphatic heterocycles. The number of likely N-dealkylation sites (N-methyl/N-ethyl adjacent to an activating group) is 1. The molecule has 3 amide bonds. The molecule has 0 spiro atoms. The number of piperazine rings is 1. The molecule has 5 N–H and O–H groups in total. The predicted octanol–water partition coefficient (Wildman–Crippen LogP) is 5.59. The van der Waals surface area contributed by atoms with Gasteiger partial charge in [-0.15, -0.1) is 0 Å². The molecule has 304 valence electrons. The molecular formula is C41H73N5O7. The van der Waals surface area contributed by atoms with E-state index >= 15 is 0 Å². The zero-order valence-electron chi connectivity index (χ0n) is 34.4. The zero-order valence-corrected chi connectivity index (χ0v) is 34.4. The normalized spacial score (nSPS) is 16.6. The van der Waals surface area contributed by atoms with Crippen LogP contribution in [0.25, 0.3) is 0 Å². The van der Waals surface area contributed by atoms with Gasteiger partial charge in [0.2, 0.25) is 5.91 Å². The van der Waals surface area contributed by atoms with E-state index in [0.717, 1.165) is 70.4 Å². The summed E-state index contributed by atoms with van der Waals surface area (Å²) in [6, 6.07) is 4.79. The van der Waals surface area contributed by atoms with Crippen molar-refractivity contribution in [2.24, 2.45) is 29.4 Å². The van der Waals surface area contributed by atoms with Gasteiger partial charge in [-0.3, -0.25) is 14.5 Å². The molecule has 1 heterocycles. The summed E-state index contributed by atoms with van der Waals surface area (Å²) in [5, 5.41) is 17.0. The van der Waals surface area contributed by atoms with Gasteiger partial charge in [0.15, 0.2) is 0 Å². The number of aliphatic hydroxyl groups is 1. The lowest BCUT2D eigenvalue weighted by Crippen LogP contribution is -2.50. The van der Waals surface area contributed by atoms with Crippen LogP contribution in [0.15, 0.2) is 18.2 Å². The molecule has 0 radical (unpaired) electrons. The summed E-state index contributed by atoms with van der Waals surface area (Å²) in [4.78, 5) is 43.4. The SMILES string of the molecule is COCCCCOc1cc(CN2CCN(C)CC2)ccc1C(=O)NC(C(N)=O)C(CCC(O)CC(CCCCNC(=O)OC(C)(C)C)C(C)C)C(C)C. The number of carbonyl (C=O) groups is 3. The lowest BCUT2D eigenvalue weighted by molar-refractivity contribution is -0.121. The summed E-state index contributed by atoms with van der Waals surface area (Å²) in [6.07, 6.45) is 5.00. The highest BCUT2D eigenvalue weighted by atomic mass is 16.6. The molecule has 4 unspecified atom stereocenters. The first-order valence-corrected chi connectivity index (χ1v) is 19.9. The van der Waals surface area contributed by atoms with E-state index < -0.39 is 35.7 Å². The van der Waals surface area contributed by atoms with E-state index in [2.05, 4.69) is 41.3 Å². The van der Waals surface area contributed by atoms with Crippen molar-refractivity contribution in [3.63, 3.8) is 0 Å². The number of amides is 3. The van der Waals surface area contributed by atoms with Crippen LogP contribution in [0.3, 0.4) is 0 Å². The van der Waals surface area contributed by atoms with Crippen molar-refractivity contribution in [3.05, 3.63) is 29.3 Å². The number of carbonyl (C=O) groups excluding carboxylic acids is 3. The first-order valence-electron chi connectivity index (χ1n) is 19.9. The second kappa shape index (κ2) is 23.8. The Labute approximate surface area is 320 Å². The van der Waals surface area contributed by atoms with E-state index in [9.17, 15) is 19.5 Å². The van der Waals surface area contributed by atoms with Gasteiger partial charge in [0.25, 0.3) is 5.91 Å². The van der Waals surface area contributed by atoms with E-state index in [0.29, 0.717) is 62.2 Å². The van der Waals surface area contributed by atoms with Crippen LogP contribution in [0.1, 0.15) is 116 Å². The van der Waals surface area contributed by atoms with E-state index in [4.69, 9.17) is 19.9 Å². The van der Waals surface area contributed by atoms with Crippen molar-refractivity contribution in [2.75, 3.05) is 60.1 Å². The van der Waals surface area contributed by atoms with Gasteiger partial charge in [-0.05, 0) is 108 Å². The van der Waals surface area contributed by atoms with E-state index in [1.807, 2.05) is 46.8 Å². The van der Waals surface area contributed by atoms with Crippen LogP contribution in [0.2, 0.25) is 0 Å². The highest BCUT2D eigenvalue weighted by molar-refractivity contribution is 5.99. The quantitative estimate of drug-likeness (QED) is 0.0991. The molecule has 1 aliphatic rings. The summed E-state index contributed by atoms with van der Waals surface area (Å²) < 4.78 is 16.7. The average molecular weight is 748 g/mol. The third-order valence-corrected chi connectivity index (χ3v) is 10.2. The van der Waals surface area contributed by atoms with Crippen LogP contribution in [-0.4, -0.2) is 111 Å². The Morgan fingerprint density at radius 3 is 2.21 bits per heavy atom. The van der Waals surface area contributed by atoms with E-state index in [-0.39, 0.29) is 11.8 Å². The van der Waals surface area contributed by atoms with Gasteiger partial charge in [-0.1, -0.05) is 46.6 Å². The molecule has 53 heavy (non-hydrogen) atoms. The number of alkyl carbamates (subject to hydrolysis) is 1. The largest absolute Gasteiger partial charge is 0.493 e. The fraction of sp³-hybridized carbons (Fsp3) is 0.780. The minimum Gasteiger partial charge on any atom is -0.493 e. The van der Waals surface area contributed by atoms with Crippen molar-refractivity contribution < 1.29 is 33.7 Å². The Kier molecular flexibility index (Phi) is 20.7. The van der Waals surface area contributed by atoms with Crippen LogP contribution in [-0.2, 0) is 20.8 Å². The summed E-state index contributed by atoms with van der Waals surface area (Å²) in [7, 11) is 3.81. The number of nitrogens with one attached hydrogen (secondary N) is 2. The Balaban J connectivity index is 2.06. The number of benzene rings is 1. The molecule has 1 saturated heterocycles. The molecule has 0 bridgehead atoms. The molecule has 0 aromatic heterocycles. The second-order valence-electron chi connectivity index (χ2n) is 16.6. The maximum Gasteiger partial charge on any atom is 0.407 e. The molecule has 1 fully saturated rings. The van der Waals surface area contributed by atoms with Crippen molar-refractivity contribution in [1.29, 1.82) is 0 Å². The molecule has 4 atom stereocenters. The maximum absolute atomic E-state index is 13.9. The predicted molar refractivity (Wildman–Crippen MR) is 211 cm³/mol. The first kappa shape index (κ1) is 46.2. The standard InChI is InChI=1S/C41H73N5O7/c1-29(2)32(14-10-11-19-43-40(50)53-41(5,6)7)27-33(47)16-18-34(30(3)4)37(38(42)48)44-39(49)35-17-15-31(28-46-22-20-45(8)21-23-46)26-36(35)52-25-13-12-24-51-9/h15,17,26,29-30,32-34,37,47H,10-14,16,18-25,27-28H2,1-9H3,(H2,42,48)(H,43,50)(H,44,49). The van der Waals surface area contributed by atoms with Crippen LogP contribution < -0.4 is 21.1 Å². The van der Waals surface area contributed by atoms with E-state index in [1.165, 1.54) is 0 Å². The number of ether oxygens (including phenoxy) is 3. The number of unbranched alkanes of at least 4 members (excludes halogenated alkanes) is 2. The summed E-state index contributed by atoms with van der Waals surface area (Å²) >= 11 is 0. The van der Waals surface area contributed by atoms with E-state index in [1.54, 1.807) is 13.2 Å². The van der Waals surface area contributed by atoms with Gasteiger partial charge < -0.3 is 40.6 Å². The molecular weight excluding hydrogens is 674 g/mol.